The van der Waals surface area contributed by atoms with E-state index in [0.29, 0.717) is 36.6 Å². The van der Waals surface area contributed by atoms with Gasteiger partial charge in [0.1, 0.15) is 11.6 Å². The Morgan fingerprint density at radius 2 is 2.04 bits per heavy atom. The van der Waals surface area contributed by atoms with Crippen molar-refractivity contribution in [2.45, 2.75) is 32.7 Å². The molecule has 2 aromatic carbocycles. The summed E-state index contributed by atoms with van der Waals surface area (Å²) >= 11 is 0. The Kier molecular flexibility index (Phi) is 5.55. The maximum absolute atomic E-state index is 14.3. The Morgan fingerprint density at radius 1 is 1.23 bits per heavy atom. The van der Waals surface area contributed by atoms with Crippen LogP contribution in [0.25, 0.3) is 11.1 Å². The molecule has 1 aliphatic rings. The van der Waals surface area contributed by atoms with Crippen molar-refractivity contribution in [2.75, 3.05) is 13.2 Å². The van der Waals surface area contributed by atoms with Gasteiger partial charge in [-0.15, -0.1) is 0 Å². The van der Waals surface area contributed by atoms with Crippen LogP contribution in [0.4, 0.5) is 13.6 Å². The Balaban J connectivity index is 1.85. The molecule has 1 heterocycles. The molecule has 3 nitrogen and oxygen atoms in total. The summed E-state index contributed by atoms with van der Waals surface area (Å²) in [6.07, 6.45) is 1.23. The highest BCUT2D eigenvalue weighted by Gasteiger charge is 2.35. The molecule has 1 fully saturated rings. The van der Waals surface area contributed by atoms with Crippen LogP contribution in [0.5, 0.6) is 0 Å². The van der Waals surface area contributed by atoms with Crippen molar-refractivity contribution in [3.8, 4) is 11.1 Å². The zero-order valence-electron chi connectivity index (χ0n) is 15.0. The third-order valence-corrected chi connectivity index (χ3v) is 5.00. The van der Waals surface area contributed by atoms with E-state index in [9.17, 15) is 13.6 Å². The van der Waals surface area contributed by atoms with E-state index in [2.05, 4.69) is 6.92 Å². The molecule has 0 spiro atoms. The first-order valence-corrected chi connectivity index (χ1v) is 8.97. The number of ether oxygens (including phenoxy) is 1. The minimum Gasteiger partial charge on any atom is -0.450 e. The number of carbonyl (C=O) groups excluding carboxylic acids is 1. The summed E-state index contributed by atoms with van der Waals surface area (Å²) in [6.45, 7) is 4.91. The van der Waals surface area contributed by atoms with Gasteiger partial charge >= 0.3 is 6.09 Å². The lowest BCUT2D eigenvalue weighted by atomic mass is 9.93. The molecule has 1 aliphatic heterocycles. The average Bonchev–Trinajstić information content (AvgIpc) is 2.97. The third-order valence-electron chi connectivity index (χ3n) is 5.00. The summed E-state index contributed by atoms with van der Waals surface area (Å²) in [7, 11) is 0. The average molecular weight is 359 g/mol. The fourth-order valence-electron chi connectivity index (χ4n) is 3.57. The molecule has 0 saturated carbocycles. The lowest BCUT2D eigenvalue weighted by Crippen LogP contribution is -2.39. The molecule has 26 heavy (non-hydrogen) atoms. The number of likely N-dealkylation sites (tertiary alicyclic amines) is 1. The maximum Gasteiger partial charge on any atom is 0.410 e. The molecule has 1 saturated heterocycles. The number of hydrogen-bond donors (Lipinski definition) is 0. The summed E-state index contributed by atoms with van der Waals surface area (Å²) in [5.41, 5.74) is 1.79. The van der Waals surface area contributed by atoms with Crippen molar-refractivity contribution in [3.63, 3.8) is 0 Å². The number of hydrogen-bond acceptors (Lipinski definition) is 2. The number of amides is 1. The van der Waals surface area contributed by atoms with E-state index in [0.717, 1.165) is 12.0 Å². The summed E-state index contributed by atoms with van der Waals surface area (Å²) in [4.78, 5) is 13.9. The van der Waals surface area contributed by atoms with Gasteiger partial charge in [-0.3, -0.25) is 0 Å². The number of benzene rings is 2. The highest BCUT2D eigenvalue weighted by molar-refractivity contribution is 5.69. The van der Waals surface area contributed by atoms with Gasteiger partial charge in [0.15, 0.2) is 0 Å². The van der Waals surface area contributed by atoms with Crippen LogP contribution in [-0.2, 0) is 11.2 Å². The molecule has 0 aliphatic carbocycles. The van der Waals surface area contributed by atoms with Gasteiger partial charge in [0.2, 0.25) is 0 Å². The highest BCUT2D eigenvalue weighted by atomic mass is 19.1. The van der Waals surface area contributed by atoms with Crippen molar-refractivity contribution in [1.29, 1.82) is 0 Å². The second kappa shape index (κ2) is 7.85. The first-order valence-electron chi connectivity index (χ1n) is 8.97. The molecule has 0 N–H and O–H groups in total. The number of nitrogens with zero attached hydrogens (tertiary/aromatic N) is 1. The first-order chi connectivity index (χ1) is 12.5. The Bertz CT molecular complexity index is 793. The van der Waals surface area contributed by atoms with E-state index >= 15 is 0 Å². The van der Waals surface area contributed by atoms with Crippen LogP contribution < -0.4 is 0 Å². The Morgan fingerprint density at radius 3 is 2.77 bits per heavy atom. The van der Waals surface area contributed by atoms with Crippen molar-refractivity contribution in [2.24, 2.45) is 5.92 Å². The molecule has 2 unspecified atom stereocenters. The largest absolute Gasteiger partial charge is 0.450 e. The van der Waals surface area contributed by atoms with E-state index in [-0.39, 0.29) is 18.0 Å². The van der Waals surface area contributed by atoms with Crippen LogP contribution in [0, 0.1) is 17.6 Å². The van der Waals surface area contributed by atoms with E-state index < -0.39 is 5.82 Å². The molecule has 0 aromatic heterocycles. The van der Waals surface area contributed by atoms with Gasteiger partial charge in [-0.25, -0.2) is 13.6 Å². The van der Waals surface area contributed by atoms with E-state index in [1.54, 1.807) is 36.1 Å². The number of rotatable bonds is 4. The second-order valence-electron chi connectivity index (χ2n) is 6.75. The summed E-state index contributed by atoms with van der Waals surface area (Å²) in [5.74, 6) is -0.451. The van der Waals surface area contributed by atoms with E-state index in [1.165, 1.54) is 18.2 Å². The quantitative estimate of drug-likeness (QED) is 0.765. The molecule has 3 rings (SSSR count). The molecule has 2 atom stereocenters. The van der Waals surface area contributed by atoms with Crippen molar-refractivity contribution >= 4 is 6.09 Å². The number of carbonyl (C=O) groups is 1. The van der Waals surface area contributed by atoms with Crippen LogP contribution in [0.1, 0.15) is 25.8 Å². The maximum atomic E-state index is 14.3. The van der Waals surface area contributed by atoms with E-state index in [4.69, 9.17) is 4.74 Å². The number of halogens is 2. The molecule has 2 aromatic rings. The third kappa shape index (κ3) is 3.87. The predicted molar refractivity (Wildman–Crippen MR) is 96.8 cm³/mol. The minimum atomic E-state index is -0.398. The fourth-order valence-corrected chi connectivity index (χ4v) is 3.57. The summed E-state index contributed by atoms with van der Waals surface area (Å²) in [5, 5.41) is 0. The van der Waals surface area contributed by atoms with Gasteiger partial charge in [0, 0.05) is 18.2 Å². The molecule has 5 heteroatoms. The Hall–Kier alpha value is -2.43. The monoisotopic (exact) mass is 359 g/mol. The van der Waals surface area contributed by atoms with Gasteiger partial charge in [0.25, 0.3) is 0 Å². The lowest BCUT2D eigenvalue weighted by molar-refractivity contribution is 0.0993. The smallest absolute Gasteiger partial charge is 0.410 e. The molecule has 1 amide bonds. The topological polar surface area (TPSA) is 29.5 Å². The van der Waals surface area contributed by atoms with Gasteiger partial charge < -0.3 is 9.64 Å². The molecular weight excluding hydrogens is 336 g/mol. The first kappa shape index (κ1) is 18.4. The molecule has 138 valence electrons. The fraction of sp³-hybridized carbons (Fsp3) is 0.381. The lowest BCUT2D eigenvalue weighted by Gasteiger charge is -2.26. The standard InChI is InChI=1S/C21H23F2NO2/c1-3-26-21(25)24-10-9-14(2)20(24)12-15-7-8-19(23)18(11-15)16-5-4-6-17(22)13-16/h4-8,11,13-14,20H,3,9-10,12H2,1-2H3. The zero-order chi connectivity index (χ0) is 18.7. The Labute approximate surface area is 152 Å². The van der Waals surface area contributed by atoms with Crippen LogP contribution in [0.15, 0.2) is 42.5 Å². The molecule has 0 radical (unpaired) electrons. The predicted octanol–water partition coefficient (Wildman–Crippen LogP) is 5.04. The van der Waals surface area contributed by atoms with Gasteiger partial charge in [-0.2, -0.15) is 0 Å². The molecular formula is C21H23F2NO2. The highest BCUT2D eigenvalue weighted by Crippen LogP contribution is 2.30. The van der Waals surface area contributed by atoms with Crippen LogP contribution in [-0.4, -0.2) is 30.2 Å². The SMILES string of the molecule is CCOC(=O)N1CCC(C)C1Cc1ccc(F)c(-c2cccc(F)c2)c1. The van der Waals surface area contributed by atoms with Crippen molar-refractivity contribution in [3.05, 3.63) is 59.7 Å². The van der Waals surface area contributed by atoms with Crippen LogP contribution in [0.2, 0.25) is 0 Å². The summed E-state index contributed by atoms with van der Waals surface area (Å²) < 4.78 is 32.9. The zero-order valence-corrected chi connectivity index (χ0v) is 15.0. The second-order valence-corrected chi connectivity index (χ2v) is 6.75. The van der Waals surface area contributed by atoms with Crippen molar-refractivity contribution < 1.29 is 18.3 Å². The normalized spacial score (nSPS) is 19.6. The van der Waals surface area contributed by atoms with Crippen LogP contribution >= 0.6 is 0 Å². The minimum absolute atomic E-state index is 0.0138. The van der Waals surface area contributed by atoms with E-state index in [1.807, 2.05) is 0 Å². The van der Waals surface area contributed by atoms with Gasteiger partial charge in [0.05, 0.1) is 6.61 Å². The molecule has 0 bridgehead atoms. The van der Waals surface area contributed by atoms with Gasteiger partial charge in [-0.1, -0.05) is 25.1 Å². The van der Waals surface area contributed by atoms with Crippen LogP contribution in [0.3, 0.4) is 0 Å². The van der Waals surface area contributed by atoms with Gasteiger partial charge in [-0.05, 0) is 61.1 Å². The summed E-state index contributed by atoms with van der Waals surface area (Å²) in [6, 6.07) is 10.8. The van der Waals surface area contributed by atoms with Crippen molar-refractivity contribution in [1.82, 2.24) is 4.90 Å².